The van der Waals surface area contributed by atoms with Crippen LogP contribution in [0, 0.1) is 6.92 Å². The summed E-state index contributed by atoms with van der Waals surface area (Å²) in [6.07, 6.45) is 2.13. The topological polar surface area (TPSA) is 86.8 Å². The predicted octanol–water partition coefficient (Wildman–Crippen LogP) is 5.44. The minimum absolute atomic E-state index is 0.0795. The summed E-state index contributed by atoms with van der Waals surface area (Å²) in [4.78, 5) is 29.4. The number of carbonyl (C=O) groups excluding carboxylic acids is 2. The summed E-state index contributed by atoms with van der Waals surface area (Å²) in [5, 5.41) is 3.05. The number of hydrogen-bond donors (Lipinski definition) is 1. The molecular formula is C33H43N3O4S. The Morgan fingerprint density at radius 3 is 2.00 bits per heavy atom. The van der Waals surface area contributed by atoms with Crippen LogP contribution in [0.15, 0.2) is 78.9 Å². The zero-order valence-corrected chi connectivity index (χ0v) is 25.8. The first-order valence-electron chi connectivity index (χ1n) is 14.2. The average molecular weight is 578 g/mol. The highest BCUT2D eigenvalue weighted by atomic mass is 32.2. The molecule has 0 bridgehead atoms. The van der Waals surface area contributed by atoms with Gasteiger partial charge < -0.3 is 10.2 Å². The lowest BCUT2D eigenvalue weighted by Gasteiger charge is -2.34. The van der Waals surface area contributed by atoms with E-state index in [0.717, 1.165) is 39.2 Å². The van der Waals surface area contributed by atoms with Gasteiger partial charge in [0, 0.05) is 19.0 Å². The van der Waals surface area contributed by atoms with Crippen molar-refractivity contribution >= 4 is 27.5 Å². The van der Waals surface area contributed by atoms with E-state index in [0.29, 0.717) is 12.1 Å². The molecule has 7 nitrogen and oxygen atoms in total. The van der Waals surface area contributed by atoms with Crippen LogP contribution in [0.5, 0.6) is 0 Å². The van der Waals surface area contributed by atoms with E-state index in [9.17, 15) is 18.0 Å². The first kappa shape index (κ1) is 31.9. The van der Waals surface area contributed by atoms with Gasteiger partial charge in [0.25, 0.3) is 0 Å². The van der Waals surface area contributed by atoms with Crippen molar-refractivity contribution in [1.29, 1.82) is 0 Å². The van der Waals surface area contributed by atoms with Crippen molar-refractivity contribution in [3.8, 4) is 0 Å². The van der Waals surface area contributed by atoms with Crippen LogP contribution in [0.3, 0.4) is 0 Å². The van der Waals surface area contributed by atoms with Crippen molar-refractivity contribution in [2.75, 3.05) is 17.1 Å². The van der Waals surface area contributed by atoms with Gasteiger partial charge in [0.1, 0.15) is 12.6 Å². The van der Waals surface area contributed by atoms with Gasteiger partial charge in [-0.2, -0.15) is 0 Å². The lowest BCUT2D eigenvalue weighted by molar-refractivity contribution is -0.140. The Bertz CT molecular complexity index is 1390. The molecule has 0 aliphatic heterocycles. The van der Waals surface area contributed by atoms with Crippen LogP contribution in [0.2, 0.25) is 0 Å². The summed E-state index contributed by atoms with van der Waals surface area (Å²) in [6.45, 7) is 9.76. The van der Waals surface area contributed by atoms with Gasteiger partial charge in [-0.05, 0) is 55.0 Å². The summed E-state index contributed by atoms with van der Waals surface area (Å²) < 4.78 is 27.0. The van der Waals surface area contributed by atoms with E-state index in [1.807, 2.05) is 87.5 Å². The highest BCUT2D eigenvalue weighted by molar-refractivity contribution is 7.92. The van der Waals surface area contributed by atoms with Gasteiger partial charge in [-0.3, -0.25) is 13.9 Å². The van der Waals surface area contributed by atoms with Crippen molar-refractivity contribution < 1.29 is 18.0 Å². The molecule has 0 aliphatic rings. The summed E-state index contributed by atoms with van der Waals surface area (Å²) in [5.41, 5.74) is 4.31. The highest BCUT2D eigenvalue weighted by Crippen LogP contribution is 2.23. The maximum atomic E-state index is 14.2. The number of nitrogens with zero attached hydrogens (tertiary/aromatic N) is 2. The number of hydrogen-bond acceptors (Lipinski definition) is 4. The Kier molecular flexibility index (Phi) is 11.1. The third-order valence-electron chi connectivity index (χ3n) is 7.27. The molecular weight excluding hydrogens is 534 g/mol. The average Bonchev–Trinajstić information content (AvgIpc) is 2.94. The molecule has 41 heavy (non-hydrogen) atoms. The second-order valence-electron chi connectivity index (χ2n) is 11.0. The number of anilines is 1. The fraction of sp³-hybridized carbons (Fsp3) is 0.394. The zero-order valence-electron chi connectivity index (χ0n) is 25.0. The van der Waals surface area contributed by atoms with Gasteiger partial charge in [0.2, 0.25) is 21.8 Å². The third-order valence-corrected chi connectivity index (χ3v) is 8.41. The van der Waals surface area contributed by atoms with E-state index in [1.54, 1.807) is 12.1 Å². The van der Waals surface area contributed by atoms with Gasteiger partial charge in [-0.1, -0.05) is 93.1 Å². The fourth-order valence-electron chi connectivity index (χ4n) is 4.52. The molecule has 0 fully saturated rings. The second-order valence-corrected chi connectivity index (χ2v) is 13.0. The summed E-state index contributed by atoms with van der Waals surface area (Å²) in [7, 11) is -3.80. The smallest absolute Gasteiger partial charge is 0.244 e. The molecule has 3 aromatic rings. The lowest BCUT2D eigenvalue weighted by atomic mass is 10.0. The Morgan fingerprint density at radius 1 is 0.854 bits per heavy atom. The molecule has 1 N–H and O–H groups in total. The number of rotatable bonds is 13. The van der Waals surface area contributed by atoms with Crippen LogP contribution in [-0.2, 0) is 32.6 Å². The molecule has 3 aromatic carbocycles. The molecule has 3 rings (SSSR count). The van der Waals surface area contributed by atoms with Crippen molar-refractivity contribution in [3.63, 3.8) is 0 Å². The monoisotopic (exact) mass is 577 g/mol. The van der Waals surface area contributed by atoms with Crippen LogP contribution in [0.1, 0.15) is 62.3 Å². The SMILES string of the molecule is CC[C@H](C)NC(=O)[C@@H](Cc1ccccc1)N(Cc1ccc(C)cc1)C(=O)CN(c1ccc(C(C)C)cc1)S(C)(=O)=O. The van der Waals surface area contributed by atoms with E-state index in [1.165, 1.54) is 4.90 Å². The quantitative estimate of drug-likeness (QED) is 0.293. The van der Waals surface area contributed by atoms with E-state index in [2.05, 4.69) is 19.2 Å². The fourth-order valence-corrected chi connectivity index (χ4v) is 5.37. The summed E-state index contributed by atoms with van der Waals surface area (Å²) in [5.74, 6) is -0.440. The van der Waals surface area contributed by atoms with Gasteiger partial charge in [0.15, 0.2) is 0 Å². The van der Waals surface area contributed by atoms with Crippen LogP contribution in [0.4, 0.5) is 5.69 Å². The molecule has 0 saturated carbocycles. The first-order valence-corrected chi connectivity index (χ1v) is 16.0. The maximum absolute atomic E-state index is 14.2. The molecule has 0 aromatic heterocycles. The summed E-state index contributed by atoms with van der Waals surface area (Å²) >= 11 is 0. The van der Waals surface area contributed by atoms with Crippen LogP contribution >= 0.6 is 0 Å². The second kappa shape index (κ2) is 14.3. The molecule has 220 valence electrons. The number of benzene rings is 3. The van der Waals surface area contributed by atoms with Gasteiger partial charge in [-0.15, -0.1) is 0 Å². The van der Waals surface area contributed by atoms with E-state index >= 15 is 0 Å². The van der Waals surface area contributed by atoms with Crippen molar-refractivity contribution in [2.24, 2.45) is 0 Å². The van der Waals surface area contributed by atoms with Crippen LogP contribution in [0.25, 0.3) is 0 Å². The number of amides is 2. The van der Waals surface area contributed by atoms with Crippen molar-refractivity contribution in [3.05, 3.63) is 101 Å². The van der Waals surface area contributed by atoms with Crippen molar-refractivity contribution in [1.82, 2.24) is 10.2 Å². The number of sulfonamides is 1. The molecule has 0 spiro atoms. The number of aryl methyl sites for hydroxylation is 1. The summed E-state index contributed by atoms with van der Waals surface area (Å²) in [6, 6.07) is 23.6. The minimum Gasteiger partial charge on any atom is -0.352 e. The molecule has 0 heterocycles. The molecule has 2 atom stereocenters. The highest BCUT2D eigenvalue weighted by Gasteiger charge is 2.33. The Hall–Kier alpha value is -3.65. The molecule has 2 amide bonds. The Labute approximate surface area is 245 Å². The largest absolute Gasteiger partial charge is 0.352 e. The molecule has 0 aliphatic carbocycles. The molecule has 8 heteroatoms. The zero-order chi connectivity index (χ0) is 30.2. The predicted molar refractivity (Wildman–Crippen MR) is 166 cm³/mol. The van der Waals surface area contributed by atoms with Crippen molar-refractivity contribution in [2.45, 2.75) is 72.0 Å². The molecule has 0 saturated heterocycles. The van der Waals surface area contributed by atoms with E-state index in [4.69, 9.17) is 0 Å². The maximum Gasteiger partial charge on any atom is 0.244 e. The molecule has 0 unspecified atom stereocenters. The molecule has 0 radical (unpaired) electrons. The Morgan fingerprint density at radius 2 is 1.46 bits per heavy atom. The number of carbonyl (C=O) groups is 2. The van der Waals surface area contributed by atoms with Gasteiger partial charge in [0.05, 0.1) is 11.9 Å². The minimum atomic E-state index is -3.80. The van der Waals surface area contributed by atoms with Crippen LogP contribution < -0.4 is 9.62 Å². The Balaban J connectivity index is 2.04. The first-order chi connectivity index (χ1) is 19.4. The standard InChI is InChI=1S/C33H43N3O4S/c1-7-26(5)34-33(38)31(21-27-11-9-8-10-12-27)35(22-28-15-13-25(4)14-16-28)32(37)23-36(41(6,39)40)30-19-17-29(18-20-30)24(2)3/h8-20,24,26,31H,7,21-23H2,1-6H3,(H,34,38)/t26-,31+/m0/s1. The third kappa shape index (κ3) is 9.18. The van der Waals surface area contributed by atoms with Gasteiger partial charge >= 0.3 is 0 Å². The number of nitrogens with one attached hydrogen (secondary N) is 1. The lowest BCUT2D eigenvalue weighted by Crippen LogP contribution is -2.54. The van der Waals surface area contributed by atoms with Crippen LogP contribution in [-0.4, -0.2) is 50.0 Å². The van der Waals surface area contributed by atoms with E-state index in [-0.39, 0.29) is 24.4 Å². The normalized spacial score (nSPS) is 13.0. The van der Waals surface area contributed by atoms with E-state index < -0.39 is 28.5 Å². The van der Waals surface area contributed by atoms with Gasteiger partial charge in [-0.25, -0.2) is 8.42 Å².